The van der Waals surface area contributed by atoms with Gasteiger partial charge in [-0.3, -0.25) is 14.5 Å². The largest absolute Gasteiger partial charge is 0.491 e. The quantitative estimate of drug-likeness (QED) is 0.601. The second-order valence-electron chi connectivity index (χ2n) is 6.68. The van der Waals surface area contributed by atoms with Crippen molar-refractivity contribution in [1.29, 1.82) is 0 Å². The van der Waals surface area contributed by atoms with Crippen molar-refractivity contribution in [1.82, 2.24) is 10.2 Å². The van der Waals surface area contributed by atoms with Crippen LogP contribution >= 0.6 is 0 Å². The summed E-state index contributed by atoms with van der Waals surface area (Å²) in [5.74, 6) is 0.121. The second-order valence-corrected chi connectivity index (χ2v) is 6.68. The number of carbonyl (C=O) groups is 3. The third-order valence-corrected chi connectivity index (χ3v) is 4.78. The number of amides is 3. The summed E-state index contributed by atoms with van der Waals surface area (Å²) in [5, 5.41) is 12.9. The number of ether oxygens (including phenoxy) is 1. The monoisotopic (exact) mass is 346 g/mol. The summed E-state index contributed by atoms with van der Waals surface area (Å²) in [5.41, 5.74) is -0.253. The predicted molar refractivity (Wildman–Crippen MR) is 89.4 cm³/mol. The van der Waals surface area contributed by atoms with Crippen LogP contribution in [0.1, 0.15) is 43.0 Å². The van der Waals surface area contributed by atoms with Crippen molar-refractivity contribution in [2.75, 3.05) is 13.2 Å². The Labute approximate surface area is 146 Å². The number of benzene rings is 1. The molecule has 1 aliphatic carbocycles. The van der Waals surface area contributed by atoms with Crippen molar-refractivity contribution >= 4 is 17.7 Å². The van der Waals surface area contributed by atoms with Gasteiger partial charge in [0.25, 0.3) is 5.91 Å². The van der Waals surface area contributed by atoms with Gasteiger partial charge in [-0.2, -0.15) is 0 Å². The smallest absolute Gasteiger partial charge is 0.325 e. The van der Waals surface area contributed by atoms with E-state index in [1.165, 1.54) is 6.92 Å². The predicted octanol–water partition coefficient (Wildman–Crippen LogP) is 1.49. The number of β-amino-alcohol motifs (C(OH)–C–C–N with tert-alkyl or cyclic N) is 1. The Morgan fingerprint density at radius 2 is 2.08 bits per heavy atom. The van der Waals surface area contributed by atoms with E-state index in [0.717, 1.165) is 17.7 Å². The number of Topliss-reactive ketones (excluding diaryl/α,β-unsaturated/α-hetero) is 1. The number of nitrogens with one attached hydrogen (secondary N) is 1. The molecule has 25 heavy (non-hydrogen) atoms. The van der Waals surface area contributed by atoms with Crippen molar-refractivity contribution in [2.45, 2.75) is 44.2 Å². The maximum Gasteiger partial charge on any atom is 0.325 e. The minimum Gasteiger partial charge on any atom is -0.491 e. The van der Waals surface area contributed by atoms with Crippen molar-refractivity contribution in [3.05, 3.63) is 29.8 Å². The van der Waals surface area contributed by atoms with Crippen LogP contribution in [0.2, 0.25) is 0 Å². The molecule has 0 unspecified atom stereocenters. The van der Waals surface area contributed by atoms with Crippen LogP contribution in [-0.4, -0.2) is 52.5 Å². The molecular formula is C18H22N2O5. The van der Waals surface area contributed by atoms with E-state index < -0.39 is 17.7 Å². The van der Waals surface area contributed by atoms with Gasteiger partial charge < -0.3 is 15.2 Å². The lowest BCUT2D eigenvalue weighted by Gasteiger charge is -2.21. The van der Waals surface area contributed by atoms with Gasteiger partial charge in [0.2, 0.25) is 0 Å². The average molecular weight is 346 g/mol. The molecule has 134 valence electrons. The molecule has 1 aromatic rings. The third kappa shape index (κ3) is 3.51. The van der Waals surface area contributed by atoms with E-state index in [1.54, 1.807) is 24.3 Å². The van der Waals surface area contributed by atoms with Gasteiger partial charge in [0.1, 0.15) is 24.0 Å². The minimum atomic E-state index is -1.01. The van der Waals surface area contributed by atoms with Crippen molar-refractivity contribution in [2.24, 2.45) is 0 Å². The summed E-state index contributed by atoms with van der Waals surface area (Å²) >= 11 is 0. The fraction of sp³-hybridized carbons (Fsp3) is 0.500. The van der Waals surface area contributed by atoms with Gasteiger partial charge in [0, 0.05) is 5.56 Å². The first-order valence-corrected chi connectivity index (χ1v) is 8.47. The molecule has 7 nitrogen and oxygen atoms in total. The molecular weight excluding hydrogens is 324 g/mol. The van der Waals surface area contributed by atoms with E-state index in [2.05, 4.69) is 5.32 Å². The van der Waals surface area contributed by atoms with E-state index in [0.29, 0.717) is 24.2 Å². The summed E-state index contributed by atoms with van der Waals surface area (Å²) in [6, 6.07) is 6.19. The molecule has 3 amide bonds. The number of ketones is 1. The standard InChI is InChI=1S/C18H22N2O5/c1-12(21)13-5-4-6-15(9-13)25-11-14(22)10-20-16(23)18(19-17(20)24)7-2-3-8-18/h4-6,9,14,22H,2-3,7-8,10-11H2,1H3,(H,19,24)/t14-/m1/s1. The zero-order chi connectivity index (χ0) is 18.0. The highest BCUT2D eigenvalue weighted by Crippen LogP contribution is 2.35. The van der Waals surface area contributed by atoms with Crippen LogP contribution in [0, 0.1) is 0 Å². The molecule has 2 aliphatic rings. The highest BCUT2D eigenvalue weighted by molar-refractivity contribution is 6.07. The van der Waals surface area contributed by atoms with Crippen LogP contribution in [-0.2, 0) is 4.79 Å². The van der Waals surface area contributed by atoms with Gasteiger partial charge in [-0.25, -0.2) is 4.79 Å². The summed E-state index contributed by atoms with van der Waals surface area (Å²) in [6.07, 6.45) is 2.12. The SMILES string of the molecule is CC(=O)c1cccc(OC[C@H](O)CN2C(=O)NC3(CCCC3)C2=O)c1. The number of nitrogens with zero attached hydrogens (tertiary/aromatic N) is 1. The molecule has 1 aliphatic heterocycles. The molecule has 3 rings (SSSR count). The summed E-state index contributed by atoms with van der Waals surface area (Å²) in [6.45, 7) is 1.27. The number of carbonyl (C=O) groups excluding carboxylic acids is 3. The van der Waals surface area contributed by atoms with Gasteiger partial charge >= 0.3 is 6.03 Å². The lowest BCUT2D eigenvalue weighted by molar-refractivity contribution is -0.132. The molecule has 0 radical (unpaired) electrons. The highest BCUT2D eigenvalue weighted by Gasteiger charge is 2.52. The molecule has 1 aromatic carbocycles. The first-order chi connectivity index (χ1) is 11.9. The van der Waals surface area contributed by atoms with E-state index >= 15 is 0 Å². The first kappa shape index (κ1) is 17.4. The number of aliphatic hydroxyl groups excluding tert-OH is 1. The number of imide groups is 1. The minimum absolute atomic E-state index is 0.0767. The van der Waals surface area contributed by atoms with Gasteiger partial charge in [0.05, 0.1) is 6.54 Å². The van der Waals surface area contributed by atoms with Gasteiger partial charge in [0.15, 0.2) is 5.78 Å². The molecule has 2 fully saturated rings. The van der Waals surface area contributed by atoms with Gasteiger partial charge in [-0.1, -0.05) is 25.0 Å². The molecule has 7 heteroatoms. The first-order valence-electron chi connectivity index (χ1n) is 8.47. The lowest BCUT2D eigenvalue weighted by Crippen LogP contribution is -2.45. The molecule has 0 bridgehead atoms. The van der Waals surface area contributed by atoms with Gasteiger partial charge in [-0.15, -0.1) is 0 Å². The van der Waals surface area contributed by atoms with Crippen LogP contribution in [0.5, 0.6) is 5.75 Å². The maximum atomic E-state index is 12.5. The number of hydrogen-bond donors (Lipinski definition) is 2. The normalized spacial score (nSPS) is 20.0. The number of aliphatic hydroxyl groups is 1. The van der Waals surface area contributed by atoms with Crippen LogP contribution in [0.4, 0.5) is 4.79 Å². The van der Waals surface area contributed by atoms with Crippen molar-refractivity contribution in [3.63, 3.8) is 0 Å². The van der Waals surface area contributed by atoms with E-state index in [-0.39, 0.29) is 24.8 Å². The van der Waals surface area contributed by atoms with Gasteiger partial charge in [-0.05, 0) is 31.9 Å². The Balaban J connectivity index is 1.57. The lowest BCUT2D eigenvalue weighted by atomic mass is 9.98. The Bertz CT molecular complexity index is 696. The van der Waals surface area contributed by atoms with E-state index in [9.17, 15) is 19.5 Å². The van der Waals surface area contributed by atoms with Crippen LogP contribution in [0.25, 0.3) is 0 Å². The zero-order valence-electron chi connectivity index (χ0n) is 14.2. The molecule has 2 N–H and O–H groups in total. The molecule has 1 heterocycles. The fourth-order valence-corrected chi connectivity index (χ4v) is 3.42. The van der Waals surface area contributed by atoms with Crippen LogP contribution in [0.3, 0.4) is 0 Å². The van der Waals surface area contributed by atoms with Crippen molar-refractivity contribution in [3.8, 4) is 5.75 Å². The average Bonchev–Trinajstić information content (AvgIpc) is 3.14. The summed E-state index contributed by atoms with van der Waals surface area (Å²) < 4.78 is 5.48. The third-order valence-electron chi connectivity index (χ3n) is 4.78. The number of hydrogen-bond acceptors (Lipinski definition) is 5. The molecule has 1 atom stereocenters. The fourth-order valence-electron chi connectivity index (χ4n) is 3.42. The summed E-state index contributed by atoms with van der Waals surface area (Å²) in [7, 11) is 0. The van der Waals surface area contributed by atoms with Crippen LogP contribution < -0.4 is 10.1 Å². The Hall–Kier alpha value is -2.41. The maximum absolute atomic E-state index is 12.5. The van der Waals surface area contributed by atoms with Crippen LogP contribution in [0.15, 0.2) is 24.3 Å². The van der Waals surface area contributed by atoms with E-state index in [4.69, 9.17) is 4.74 Å². The number of urea groups is 1. The Morgan fingerprint density at radius 1 is 1.36 bits per heavy atom. The van der Waals surface area contributed by atoms with E-state index in [1.807, 2.05) is 0 Å². The number of rotatable bonds is 6. The molecule has 1 spiro atoms. The molecule has 1 saturated carbocycles. The topological polar surface area (TPSA) is 95.9 Å². The van der Waals surface area contributed by atoms with Crippen molar-refractivity contribution < 1.29 is 24.2 Å². The molecule has 0 aromatic heterocycles. The molecule has 1 saturated heterocycles. The highest BCUT2D eigenvalue weighted by atomic mass is 16.5. The summed E-state index contributed by atoms with van der Waals surface area (Å²) in [4.78, 5) is 37.0. The Morgan fingerprint density at radius 3 is 2.76 bits per heavy atom. The Kier molecular flexibility index (Phi) is 4.76. The zero-order valence-corrected chi connectivity index (χ0v) is 14.2. The second kappa shape index (κ2) is 6.84.